The minimum Gasteiger partial charge on any atom is -0.748 e. The number of benzene rings is 1. The molecule has 0 saturated carbocycles. The lowest BCUT2D eigenvalue weighted by molar-refractivity contribution is -0.671. The van der Waals surface area contributed by atoms with Crippen molar-refractivity contribution in [3.63, 3.8) is 0 Å². The van der Waals surface area contributed by atoms with Crippen LogP contribution in [-0.2, 0) is 26.8 Å². The summed E-state index contributed by atoms with van der Waals surface area (Å²) in [6.07, 6.45) is 7.26. The molecule has 0 atom stereocenters. The van der Waals surface area contributed by atoms with Crippen LogP contribution in [0.5, 0.6) is 0 Å². The highest BCUT2D eigenvalue weighted by Gasteiger charge is 2.25. The number of nitrogens with zero attached hydrogens (tertiary/aromatic N) is 2. The number of anilines is 1. The van der Waals surface area contributed by atoms with Crippen molar-refractivity contribution >= 4 is 77.6 Å². The Labute approximate surface area is 236 Å². The number of thiophene rings is 1. The molecule has 0 fully saturated rings. The van der Waals surface area contributed by atoms with Gasteiger partial charge in [0.2, 0.25) is 5.52 Å². The number of thioether (sulfide) groups is 1. The molecule has 3 aromatic rings. The van der Waals surface area contributed by atoms with Crippen molar-refractivity contribution < 1.29 is 30.5 Å². The first-order valence-corrected chi connectivity index (χ1v) is 17.2. The van der Waals surface area contributed by atoms with Gasteiger partial charge >= 0.3 is 0 Å². The molecule has 0 N–H and O–H groups in total. The molecule has 0 amide bonds. The zero-order valence-corrected chi connectivity index (χ0v) is 24.5. The van der Waals surface area contributed by atoms with Gasteiger partial charge < -0.3 is 14.0 Å². The second-order valence-corrected chi connectivity index (χ2v) is 14.1. The number of aromatic nitrogens is 1. The van der Waals surface area contributed by atoms with Crippen molar-refractivity contribution in [2.75, 3.05) is 23.0 Å². The van der Waals surface area contributed by atoms with Crippen molar-refractivity contribution in [2.45, 2.75) is 37.6 Å². The number of fused-ring (bicyclic) bond motifs is 2. The Hall–Kier alpha value is -1.93. The lowest BCUT2D eigenvalue weighted by Crippen LogP contribution is -2.34. The van der Waals surface area contributed by atoms with Crippen molar-refractivity contribution in [3.8, 4) is 0 Å². The molecule has 4 rings (SSSR count). The third-order valence-electron chi connectivity index (χ3n) is 6.02. The van der Waals surface area contributed by atoms with E-state index in [2.05, 4.69) is 19.1 Å². The molecule has 0 bridgehead atoms. The molecule has 3 heterocycles. The fraction of sp³-hybridized carbons (Fsp3) is 0.320. The van der Waals surface area contributed by atoms with Crippen LogP contribution in [-0.4, -0.2) is 44.0 Å². The Bertz CT molecular complexity index is 1610. The molecule has 0 unspecified atom stereocenters. The highest BCUT2D eigenvalue weighted by Crippen LogP contribution is 2.47. The third kappa shape index (κ3) is 7.59. The Kier molecular flexibility index (Phi) is 9.23. The summed E-state index contributed by atoms with van der Waals surface area (Å²) in [6.45, 7) is 2.84. The molecule has 204 valence electrons. The fourth-order valence-corrected chi connectivity index (χ4v) is 7.35. The second kappa shape index (κ2) is 12.1. The zero-order valence-electron chi connectivity index (χ0n) is 20.5. The van der Waals surface area contributed by atoms with Gasteiger partial charge in [-0.3, -0.25) is 0 Å². The van der Waals surface area contributed by atoms with E-state index >= 15 is 0 Å². The molecule has 0 saturated heterocycles. The zero-order chi connectivity index (χ0) is 27.5. The number of halogens is 1. The van der Waals surface area contributed by atoms with Crippen LogP contribution in [0.1, 0.15) is 31.7 Å². The molecule has 1 aliphatic rings. The Morgan fingerprint density at radius 3 is 2.53 bits per heavy atom. The maximum absolute atomic E-state index is 11.2. The molecular weight excluding hydrogens is 588 g/mol. The van der Waals surface area contributed by atoms with Crippen molar-refractivity contribution in [1.29, 1.82) is 0 Å². The predicted octanol–water partition coefficient (Wildman–Crippen LogP) is 4.96. The number of pyridine rings is 1. The predicted molar refractivity (Wildman–Crippen MR) is 151 cm³/mol. The molecule has 1 aromatic carbocycles. The summed E-state index contributed by atoms with van der Waals surface area (Å²) in [5.74, 6) is -0.835. The summed E-state index contributed by atoms with van der Waals surface area (Å²) in [4.78, 5) is 3.01. The molecule has 13 heteroatoms. The lowest BCUT2D eigenvalue weighted by atomic mass is 10.1. The van der Waals surface area contributed by atoms with Gasteiger partial charge in [0, 0.05) is 45.8 Å². The van der Waals surface area contributed by atoms with Crippen molar-refractivity contribution in [1.82, 2.24) is 0 Å². The average Bonchev–Trinajstić information content (AvgIpc) is 3.44. The van der Waals surface area contributed by atoms with Crippen LogP contribution < -0.4 is 9.47 Å². The van der Waals surface area contributed by atoms with E-state index in [4.69, 9.17) is 11.6 Å². The standard InChI is InChI=1S/C25H27ClN2O6S4/c1-2-18(13-19-7-10-27(8-3-11-37(29,30)31)23-17-35-16-21(19)23)14-25-28(9-4-12-38(32,33)34)22-15-20(26)5-6-24(22)36-25/h5-7,10,13-17H,2-4,8-9,11-12H2,1H3,(H-,29,30,31,32,33,34)/p-1. The number of rotatable bonds is 11. The number of allylic oxidation sites excluding steroid dienone is 2. The van der Waals surface area contributed by atoms with Crippen molar-refractivity contribution in [3.05, 3.63) is 68.5 Å². The van der Waals surface area contributed by atoms with Gasteiger partial charge in [-0.2, -0.15) is 4.57 Å². The van der Waals surface area contributed by atoms with Crippen LogP contribution in [0.15, 0.2) is 62.8 Å². The van der Waals surface area contributed by atoms with Crippen LogP contribution >= 0.6 is 34.7 Å². The smallest absolute Gasteiger partial charge is 0.223 e. The minimum atomic E-state index is -4.31. The fourth-order valence-electron chi connectivity index (χ4n) is 4.22. The normalized spacial score (nSPS) is 15.5. The summed E-state index contributed by atoms with van der Waals surface area (Å²) in [5.41, 5.74) is 3.91. The summed E-state index contributed by atoms with van der Waals surface area (Å²) in [7, 11) is -8.55. The Balaban J connectivity index is 1.63. The van der Waals surface area contributed by atoms with E-state index in [0.717, 1.165) is 44.1 Å². The van der Waals surface area contributed by atoms with Crippen LogP contribution in [0.3, 0.4) is 0 Å². The van der Waals surface area contributed by atoms with E-state index in [0.29, 0.717) is 18.1 Å². The van der Waals surface area contributed by atoms with Gasteiger partial charge in [0.15, 0.2) is 6.20 Å². The van der Waals surface area contributed by atoms with E-state index in [1.165, 1.54) is 0 Å². The topological polar surface area (TPSA) is 122 Å². The maximum atomic E-state index is 11.2. The quantitative estimate of drug-likeness (QED) is 0.220. The van der Waals surface area contributed by atoms with E-state index < -0.39 is 31.7 Å². The van der Waals surface area contributed by atoms with Crippen LogP contribution in [0, 0.1) is 0 Å². The molecule has 38 heavy (non-hydrogen) atoms. The Morgan fingerprint density at radius 1 is 1.08 bits per heavy atom. The summed E-state index contributed by atoms with van der Waals surface area (Å²) in [6, 6.07) is 7.56. The molecule has 8 nitrogen and oxygen atoms in total. The molecule has 2 aromatic heterocycles. The summed E-state index contributed by atoms with van der Waals surface area (Å²) < 4.78 is 68.3. The lowest BCUT2D eigenvalue weighted by Gasteiger charge is -2.21. The van der Waals surface area contributed by atoms with Gasteiger partial charge in [-0.05, 0) is 48.3 Å². The molecule has 0 radical (unpaired) electrons. The molecular formula is C25H26ClN2O6S4-. The third-order valence-corrected chi connectivity index (χ3v) is 9.67. The SMILES string of the molecule is CCC(=Cc1cc[n+](CCCS(=O)(=O)[O-])c2cscc12)C=C1Sc2ccc(Cl)cc2N1CCCS(=O)(=O)[O-]. The average molecular weight is 614 g/mol. The van der Waals surface area contributed by atoms with Gasteiger partial charge in [0.05, 0.1) is 41.7 Å². The highest BCUT2D eigenvalue weighted by molar-refractivity contribution is 8.03. The Morgan fingerprint density at radius 2 is 1.82 bits per heavy atom. The van der Waals surface area contributed by atoms with Gasteiger partial charge in [0.1, 0.15) is 6.54 Å². The van der Waals surface area contributed by atoms with Gasteiger partial charge in [-0.1, -0.05) is 36.4 Å². The van der Waals surface area contributed by atoms with E-state index in [1.54, 1.807) is 23.1 Å². The van der Waals surface area contributed by atoms with E-state index in [-0.39, 0.29) is 12.8 Å². The van der Waals surface area contributed by atoms with E-state index in [1.807, 2.05) is 50.7 Å². The largest absolute Gasteiger partial charge is 0.748 e. The molecule has 1 aliphatic heterocycles. The van der Waals surface area contributed by atoms with Gasteiger partial charge in [0.25, 0.3) is 0 Å². The number of hydrogen-bond acceptors (Lipinski definition) is 9. The molecule has 0 spiro atoms. The monoisotopic (exact) mass is 613 g/mol. The van der Waals surface area contributed by atoms with E-state index in [9.17, 15) is 25.9 Å². The first-order valence-electron chi connectivity index (χ1n) is 11.9. The van der Waals surface area contributed by atoms with Crippen LogP contribution in [0.25, 0.3) is 17.0 Å². The van der Waals surface area contributed by atoms with Gasteiger partial charge in [-0.15, -0.1) is 11.3 Å². The summed E-state index contributed by atoms with van der Waals surface area (Å²) >= 11 is 9.35. The maximum Gasteiger partial charge on any atom is 0.223 e. The number of hydrogen-bond donors (Lipinski definition) is 0. The highest BCUT2D eigenvalue weighted by atomic mass is 35.5. The second-order valence-electron chi connectivity index (χ2n) is 8.79. The first-order chi connectivity index (χ1) is 17.9. The van der Waals surface area contributed by atoms with Crippen molar-refractivity contribution in [2.24, 2.45) is 0 Å². The van der Waals surface area contributed by atoms with Crippen LogP contribution in [0.4, 0.5) is 5.69 Å². The minimum absolute atomic E-state index is 0.197. The number of aryl methyl sites for hydroxylation is 1. The molecule has 0 aliphatic carbocycles. The van der Waals surface area contributed by atoms with Crippen LogP contribution in [0.2, 0.25) is 5.02 Å². The summed E-state index contributed by atoms with van der Waals surface area (Å²) in [5, 5.41) is 6.56. The van der Waals surface area contributed by atoms with Gasteiger partial charge in [-0.25, -0.2) is 16.8 Å². The first kappa shape index (κ1) is 29.1.